The summed E-state index contributed by atoms with van der Waals surface area (Å²) >= 11 is 3.00. The molecule has 20 heavy (non-hydrogen) atoms. The highest BCUT2D eigenvalue weighted by atomic mass is 79.9. The molecule has 3 N–H and O–H groups in total. The van der Waals surface area contributed by atoms with E-state index in [1.165, 1.54) is 24.3 Å². The zero-order valence-corrected chi connectivity index (χ0v) is 11.9. The molecule has 0 spiro atoms. The minimum atomic E-state index is -0.727. The normalized spacial score (nSPS) is 12.4. The minimum absolute atomic E-state index is 0.103. The summed E-state index contributed by atoms with van der Waals surface area (Å²) in [6, 6.07) is 7.67. The molecule has 0 bridgehead atoms. The largest absolute Gasteiger partial charge is 0.271 e. The summed E-state index contributed by atoms with van der Waals surface area (Å²) in [6.45, 7) is 0. The van der Waals surface area contributed by atoms with Gasteiger partial charge in [0.05, 0.1) is 10.5 Å². The minimum Gasteiger partial charge on any atom is -0.271 e. The maximum atomic E-state index is 13.9. The van der Waals surface area contributed by atoms with E-state index in [1.807, 2.05) is 0 Å². The molecule has 0 aliphatic rings. The van der Waals surface area contributed by atoms with Crippen LogP contribution in [0.1, 0.15) is 17.2 Å². The van der Waals surface area contributed by atoms with Gasteiger partial charge in [0.1, 0.15) is 17.5 Å². The van der Waals surface area contributed by atoms with Gasteiger partial charge in [0.2, 0.25) is 0 Å². The molecule has 2 aromatic rings. The maximum absolute atomic E-state index is 13.9. The van der Waals surface area contributed by atoms with Crippen molar-refractivity contribution in [3.05, 3.63) is 69.4 Å². The second-order valence-electron chi connectivity index (χ2n) is 4.27. The monoisotopic (exact) mass is 344 g/mol. The molecule has 0 aliphatic heterocycles. The molecule has 2 nitrogen and oxygen atoms in total. The van der Waals surface area contributed by atoms with Crippen molar-refractivity contribution in [2.24, 2.45) is 5.84 Å². The Morgan fingerprint density at radius 2 is 1.75 bits per heavy atom. The summed E-state index contributed by atoms with van der Waals surface area (Å²) in [6.07, 6.45) is -0.103. The van der Waals surface area contributed by atoms with Crippen LogP contribution in [0.4, 0.5) is 13.2 Å². The molecule has 2 aromatic carbocycles. The molecular weight excluding hydrogens is 333 g/mol. The third kappa shape index (κ3) is 3.03. The van der Waals surface area contributed by atoms with Gasteiger partial charge in [0.15, 0.2) is 0 Å². The molecular formula is C14H12BrF3N2. The number of hydrazine groups is 1. The van der Waals surface area contributed by atoms with Crippen LogP contribution >= 0.6 is 15.9 Å². The fraction of sp³-hybridized carbons (Fsp3) is 0.143. The first-order valence-electron chi connectivity index (χ1n) is 5.87. The molecule has 0 fully saturated rings. The highest BCUT2D eigenvalue weighted by Crippen LogP contribution is 2.27. The van der Waals surface area contributed by atoms with Gasteiger partial charge in [-0.15, -0.1) is 0 Å². The van der Waals surface area contributed by atoms with Crippen LogP contribution in [-0.2, 0) is 6.42 Å². The van der Waals surface area contributed by atoms with Crippen molar-refractivity contribution in [2.75, 3.05) is 0 Å². The van der Waals surface area contributed by atoms with Crippen molar-refractivity contribution in [1.82, 2.24) is 5.43 Å². The van der Waals surface area contributed by atoms with Gasteiger partial charge in [0, 0.05) is 11.1 Å². The second kappa shape index (κ2) is 6.39. The highest BCUT2D eigenvalue weighted by Gasteiger charge is 2.20. The Morgan fingerprint density at radius 1 is 1.05 bits per heavy atom. The average Bonchev–Trinajstić information content (AvgIpc) is 2.45. The van der Waals surface area contributed by atoms with Crippen molar-refractivity contribution >= 4 is 15.9 Å². The van der Waals surface area contributed by atoms with Gasteiger partial charge in [-0.25, -0.2) is 13.2 Å². The van der Waals surface area contributed by atoms with E-state index in [0.29, 0.717) is 0 Å². The van der Waals surface area contributed by atoms with E-state index in [4.69, 9.17) is 5.84 Å². The Bertz CT molecular complexity index is 619. The number of nitrogens with two attached hydrogens (primary N) is 1. The van der Waals surface area contributed by atoms with E-state index in [9.17, 15) is 13.2 Å². The van der Waals surface area contributed by atoms with Crippen LogP contribution in [0.3, 0.4) is 0 Å². The Morgan fingerprint density at radius 3 is 2.40 bits per heavy atom. The summed E-state index contributed by atoms with van der Waals surface area (Å²) in [4.78, 5) is 0. The van der Waals surface area contributed by atoms with Crippen molar-refractivity contribution in [2.45, 2.75) is 12.5 Å². The first-order chi connectivity index (χ1) is 9.54. The van der Waals surface area contributed by atoms with Gasteiger partial charge in [-0.2, -0.15) is 0 Å². The topological polar surface area (TPSA) is 38.0 Å². The van der Waals surface area contributed by atoms with Crippen molar-refractivity contribution in [1.29, 1.82) is 0 Å². The molecule has 0 amide bonds. The number of hydrogen-bond donors (Lipinski definition) is 2. The van der Waals surface area contributed by atoms with Crippen LogP contribution in [0.2, 0.25) is 0 Å². The zero-order valence-electron chi connectivity index (χ0n) is 10.3. The Labute approximate surface area is 122 Å². The lowest BCUT2D eigenvalue weighted by Crippen LogP contribution is -2.30. The molecule has 0 heterocycles. The molecule has 0 saturated carbocycles. The van der Waals surface area contributed by atoms with Gasteiger partial charge in [0.25, 0.3) is 0 Å². The third-order valence-electron chi connectivity index (χ3n) is 3.03. The van der Waals surface area contributed by atoms with Crippen molar-refractivity contribution in [3.63, 3.8) is 0 Å². The number of hydrogen-bond acceptors (Lipinski definition) is 2. The van der Waals surface area contributed by atoms with Crippen LogP contribution < -0.4 is 11.3 Å². The molecule has 1 unspecified atom stereocenters. The maximum Gasteiger partial charge on any atom is 0.143 e. The molecule has 1 atom stereocenters. The van der Waals surface area contributed by atoms with Crippen LogP contribution in [0, 0.1) is 17.5 Å². The highest BCUT2D eigenvalue weighted by molar-refractivity contribution is 9.10. The smallest absolute Gasteiger partial charge is 0.143 e. The predicted molar refractivity (Wildman–Crippen MR) is 74.2 cm³/mol. The van der Waals surface area contributed by atoms with Gasteiger partial charge >= 0.3 is 0 Å². The van der Waals surface area contributed by atoms with E-state index < -0.39 is 23.5 Å². The standard InChI is InChI=1S/C14H12BrF3N2/c15-10-5-6-12(17)9(14(10)18)7-13(20-19)8-3-1-2-4-11(8)16/h1-6,13,20H,7,19H2. The Hall–Kier alpha value is -1.37. The first-order valence-corrected chi connectivity index (χ1v) is 6.66. The van der Waals surface area contributed by atoms with E-state index in [0.717, 1.165) is 6.07 Å². The summed E-state index contributed by atoms with van der Waals surface area (Å²) in [5, 5.41) is 0. The van der Waals surface area contributed by atoms with Gasteiger partial charge < -0.3 is 0 Å². The van der Waals surface area contributed by atoms with Crippen LogP contribution in [0.15, 0.2) is 40.9 Å². The van der Waals surface area contributed by atoms with Crippen molar-refractivity contribution < 1.29 is 13.2 Å². The predicted octanol–water partition coefficient (Wildman–Crippen LogP) is 3.61. The lowest BCUT2D eigenvalue weighted by molar-refractivity contribution is 0.479. The zero-order chi connectivity index (χ0) is 14.7. The van der Waals surface area contributed by atoms with Crippen LogP contribution in [-0.4, -0.2) is 0 Å². The summed E-state index contributed by atoms with van der Waals surface area (Å²) < 4.78 is 41.5. The van der Waals surface area contributed by atoms with Gasteiger partial charge in [-0.05, 0) is 40.5 Å². The second-order valence-corrected chi connectivity index (χ2v) is 5.12. The van der Waals surface area contributed by atoms with Gasteiger partial charge in [-0.3, -0.25) is 11.3 Å². The number of benzene rings is 2. The Kier molecular flexibility index (Phi) is 4.80. The van der Waals surface area contributed by atoms with E-state index in [2.05, 4.69) is 21.4 Å². The van der Waals surface area contributed by atoms with Crippen molar-refractivity contribution in [3.8, 4) is 0 Å². The third-order valence-corrected chi connectivity index (χ3v) is 3.64. The first kappa shape index (κ1) is 15.0. The summed E-state index contributed by atoms with van der Waals surface area (Å²) in [5.41, 5.74) is 2.50. The SMILES string of the molecule is NNC(Cc1c(F)ccc(Br)c1F)c1ccccc1F. The molecule has 2 rings (SSSR count). The van der Waals surface area contributed by atoms with E-state index in [-0.39, 0.29) is 22.0 Å². The molecule has 0 aromatic heterocycles. The number of rotatable bonds is 4. The Balaban J connectivity index is 2.37. The van der Waals surface area contributed by atoms with Gasteiger partial charge in [-0.1, -0.05) is 18.2 Å². The molecule has 0 radical (unpaired) electrons. The molecule has 0 saturated heterocycles. The van der Waals surface area contributed by atoms with Crippen LogP contribution in [0.5, 0.6) is 0 Å². The van der Waals surface area contributed by atoms with Crippen LogP contribution in [0.25, 0.3) is 0 Å². The van der Waals surface area contributed by atoms with E-state index in [1.54, 1.807) is 6.07 Å². The fourth-order valence-electron chi connectivity index (χ4n) is 1.98. The number of nitrogens with one attached hydrogen (secondary N) is 1. The molecule has 106 valence electrons. The number of halogens is 4. The lowest BCUT2D eigenvalue weighted by atomic mass is 9.98. The molecule has 6 heteroatoms. The van der Waals surface area contributed by atoms with E-state index >= 15 is 0 Å². The average molecular weight is 345 g/mol. The molecule has 0 aliphatic carbocycles. The summed E-state index contributed by atoms with van der Waals surface area (Å²) in [7, 11) is 0. The summed E-state index contributed by atoms with van der Waals surface area (Å²) in [5.74, 6) is 3.51. The fourth-order valence-corrected chi connectivity index (χ4v) is 2.35. The lowest BCUT2D eigenvalue weighted by Gasteiger charge is -2.18. The quantitative estimate of drug-likeness (QED) is 0.505.